The van der Waals surface area contributed by atoms with E-state index in [0.29, 0.717) is 25.7 Å². The number of ether oxygens (including phenoxy) is 1. The van der Waals surface area contributed by atoms with E-state index in [4.69, 9.17) is 4.74 Å². The molecule has 0 aromatic carbocycles. The number of hydrogen-bond acceptors (Lipinski definition) is 7. The summed E-state index contributed by atoms with van der Waals surface area (Å²) in [4.78, 5) is 22.8. The van der Waals surface area contributed by atoms with E-state index in [1.807, 2.05) is 0 Å². The molecular weight excluding hydrogens is 456 g/mol. The van der Waals surface area contributed by atoms with Crippen molar-refractivity contribution >= 4 is 11.0 Å². The van der Waals surface area contributed by atoms with Crippen molar-refractivity contribution in [2.75, 3.05) is 26.2 Å². The highest BCUT2D eigenvalue weighted by atomic mass is 19.1. The number of likely N-dealkylation sites (tertiary alicyclic amines) is 1. The number of nitrogens with zero attached hydrogens (tertiary/aromatic N) is 4. The van der Waals surface area contributed by atoms with Crippen molar-refractivity contribution in [1.29, 1.82) is 0 Å². The van der Waals surface area contributed by atoms with Gasteiger partial charge < -0.3 is 19.7 Å². The number of fused-ring (bicyclic) bond motifs is 1. The molecule has 6 heterocycles. The molecule has 0 spiro atoms. The molecule has 0 bridgehead atoms. The third-order valence-corrected chi connectivity index (χ3v) is 7.40. The first-order valence-corrected chi connectivity index (χ1v) is 12.1. The maximum absolute atomic E-state index is 14.8. The molecule has 1 atom stereocenters. The molecule has 0 radical (unpaired) electrons. The van der Waals surface area contributed by atoms with Gasteiger partial charge in [0.05, 0.1) is 47.8 Å². The van der Waals surface area contributed by atoms with Crippen molar-refractivity contribution in [2.24, 2.45) is 0 Å². The Morgan fingerprint density at radius 2 is 2.00 bits per heavy atom. The first-order chi connectivity index (χ1) is 16.9. The summed E-state index contributed by atoms with van der Waals surface area (Å²) in [6.45, 7) is 2.81. The molecule has 1 saturated heterocycles. The van der Waals surface area contributed by atoms with Crippen LogP contribution in [0, 0.1) is 11.6 Å². The van der Waals surface area contributed by atoms with Gasteiger partial charge in [0, 0.05) is 25.2 Å². The van der Waals surface area contributed by atoms with E-state index in [1.54, 1.807) is 6.20 Å². The number of aliphatic hydroxyl groups is 1. The molecule has 2 N–H and O–H groups in total. The summed E-state index contributed by atoms with van der Waals surface area (Å²) in [6, 6.07) is 3.42. The Bertz CT molecular complexity index is 1360. The number of β-amino-alcohol motifs (C(OH)–C–C–N with tert-alkyl or cyclic N) is 1. The molecule has 6 rings (SSSR count). The zero-order chi connectivity index (χ0) is 24.2. The van der Waals surface area contributed by atoms with E-state index in [1.165, 1.54) is 5.56 Å². The fraction of sp³-hybridized carbons (Fsp3) is 0.480. The molecule has 0 aliphatic carbocycles. The number of halogens is 2. The van der Waals surface area contributed by atoms with Gasteiger partial charge in [-0.05, 0) is 50.4 Å². The smallest absolute Gasteiger partial charge is 0.287 e. The zero-order valence-corrected chi connectivity index (χ0v) is 19.3. The normalized spacial score (nSPS) is 22.4. The molecule has 3 aromatic heterocycles. The van der Waals surface area contributed by atoms with E-state index < -0.39 is 22.8 Å². The number of nitrogens with one attached hydrogen (secondary N) is 1. The largest absolute Gasteiger partial charge is 0.492 e. The highest BCUT2D eigenvalue weighted by Crippen LogP contribution is 2.38. The molecule has 184 valence electrons. The second-order valence-electron chi connectivity index (χ2n) is 9.80. The molecule has 0 unspecified atom stereocenters. The Kier molecular flexibility index (Phi) is 5.54. The summed E-state index contributed by atoms with van der Waals surface area (Å²) in [6.07, 6.45) is 6.55. The van der Waals surface area contributed by atoms with Crippen LogP contribution in [0.2, 0.25) is 0 Å². The van der Waals surface area contributed by atoms with Crippen molar-refractivity contribution in [2.45, 2.75) is 50.4 Å². The van der Waals surface area contributed by atoms with Gasteiger partial charge in [-0.1, -0.05) is 0 Å². The number of piperidine rings is 1. The predicted molar refractivity (Wildman–Crippen MR) is 124 cm³/mol. The van der Waals surface area contributed by atoms with Crippen LogP contribution in [0.15, 0.2) is 29.3 Å². The molecule has 1 fully saturated rings. The lowest BCUT2D eigenvalue weighted by molar-refractivity contribution is -0.0160. The van der Waals surface area contributed by atoms with Crippen molar-refractivity contribution < 1.29 is 18.6 Å². The number of aromatic nitrogens is 3. The van der Waals surface area contributed by atoms with Crippen molar-refractivity contribution in [1.82, 2.24) is 24.8 Å². The Morgan fingerprint density at radius 1 is 1.17 bits per heavy atom. The van der Waals surface area contributed by atoms with Crippen LogP contribution in [0.1, 0.15) is 36.1 Å². The number of pyridine rings is 3. The van der Waals surface area contributed by atoms with Crippen LogP contribution in [0.4, 0.5) is 8.78 Å². The van der Waals surface area contributed by atoms with E-state index in [9.17, 15) is 18.7 Å². The summed E-state index contributed by atoms with van der Waals surface area (Å²) < 4.78 is 35.6. The van der Waals surface area contributed by atoms with Crippen LogP contribution in [0.25, 0.3) is 11.0 Å². The van der Waals surface area contributed by atoms with Crippen LogP contribution in [-0.4, -0.2) is 56.8 Å². The average Bonchev–Trinajstić information content (AvgIpc) is 3.18. The number of rotatable bonds is 5. The number of aryl methyl sites for hydroxylation is 1. The molecular formula is C25H27F2N5O3. The molecule has 35 heavy (non-hydrogen) atoms. The standard InChI is InChI=1S/C25H27F2N5O3/c26-18-9-20-23-22(19(27)11-30-20)25(34,14-32(23)24(18)33)13-31-5-3-16(4-6-31)28-10-17-8-15-2-1-7-35-21(15)12-29-17/h8-9,11-12,16,28,34H,1-7,10,13-14H2/t25-/m0/s1. The summed E-state index contributed by atoms with van der Waals surface area (Å²) >= 11 is 0. The molecule has 0 saturated carbocycles. The third kappa shape index (κ3) is 3.99. The van der Waals surface area contributed by atoms with Gasteiger partial charge in [-0.2, -0.15) is 0 Å². The van der Waals surface area contributed by atoms with Crippen molar-refractivity contribution in [3.63, 3.8) is 0 Å². The summed E-state index contributed by atoms with van der Waals surface area (Å²) in [7, 11) is 0. The predicted octanol–water partition coefficient (Wildman–Crippen LogP) is 1.85. The van der Waals surface area contributed by atoms with E-state index in [-0.39, 0.29) is 29.7 Å². The summed E-state index contributed by atoms with van der Waals surface area (Å²) in [5, 5.41) is 15.0. The molecule has 8 nitrogen and oxygen atoms in total. The highest BCUT2D eigenvalue weighted by Gasteiger charge is 2.43. The van der Waals surface area contributed by atoms with Crippen molar-refractivity contribution in [3.05, 3.63) is 63.3 Å². The Hall–Kier alpha value is -2.95. The molecule has 3 aromatic rings. The lowest BCUT2D eigenvalue weighted by Crippen LogP contribution is -2.48. The van der Waals surface area contributed by atoms with Gasteiger partial charge in [0.25, 0.3) is 5.56 Å². The van der Waals surface area contributed by atoms with Gasteiger partial charge in [-0.25, -0.2) is 8.78 Å². The fourth-order valence-corrected chi connectivity index (χ4v) is 5.66. The minimum absolute atomic E-state index is 0.0299. The SMILES string of the molecule is O=c1c(F)cc2ncc(F)c3c2n1C[C@@]3(O)CN1CCC(NCc2cc3c(cn2)OCCC3)CC1. The van der Waals surface area contributed by atoms with Gasteiger partial charge in [0.2, 0.25) is 0 Å². The Balaban J connectivity index is 1.10. The molecule has 10 heteroatoms. The van der Waals surface area contributed by atoms with Gasteiger partial charge in [-0.3, -0.25) is 19.7 Å². The van der Waals surface area contributed by atoms with Crippen LogP contribution < -0.4 is 15.6 Å². The monoisotopic (exact) mass is 483 g/mol. The highest BCUT2D eigenvalue weighted by molar-refractivity contribution is 5.81. The van der Waals surface area contributed by atoms with Crippen LogP contribution >= 0.6 is 0 Å². The molecule has 3 aliphatic rings. The Labute approximate surface area is 200 Å². The average molecular weight is 484 g/mol. The van der Waals surface area contributed by atoms with Gasteiger partial charge in [-0.15, -0.1) is 0 Å². The minimum Gasteiger partial charge on any atom is -0.492 e. The second kappa shape index (κ2) is 8.61. The van der Waals surface area contributed by atoms with Crippen LogP contribution in [0.3, 0.4) is 0 Å². The molecule has 3 aliphatic heterocycles. The topological polar surface area (TPSA) is 92.5 Å². The number of hydrogen-bond donors (Lipinski definition) is 2. The molecule has 0 amide bonds. The van der Waals surface area contributed by atoms with E-state index in [0.717, 1.165) is 60.6 Å². The summed E-state index contributed by atoms with van der Waals surface area (Å²) in [5.41, 5.74) is 0.0815. The van der Waals surface area contributed by atoms with Crippen molar-refractivity contribution in [3.8, 4) is 5.75 Å². The first-order valence-electron chi connectivity index (χ1n) is 12.1. The summed E-state index contributed by atoms with van der Waals surface area (Å²) in [5.74, 6) is -0.760. The van der Waals surface area contributed by atoms with Gasteiger partial charge in [0.15, 0.2) is 5.82 Å². The van der Waals surface area contributed by atoms with Crippen LogP contribution in [0.5, 0.6) is 5.75 Å². The lowest BCUT2D eigenvalue weighted by Gasteiger charge is -2.37. The maximum Gasteiger partial charge on any atom is 0.287 e. The van der Waals surface area contributed by atoms with Gasteiger partial charge >= 0.3 is 0 Å². The Morgan fingerprint density at radius 3 is 2.83 bits per heavy atom. The van der Waals surface area contributed by atoms with Crippen LogP contribution in [-0.2, 0) is 25.1 Å². The second-order valence-corrected chi connectivity index (χ2v) is 9.80. The van der Waals surface area contributed by atoms with E-state index >= 15 is 0 Å². The maximum atomic E-state index is 14.8. The minimum atomic E-state index is -1.62. The van der Waals surface area contributed by atoms with E-state index in [2.05, 4.69) is 26.3 Å². The first kappa shape index (κ1) is 22.5. The zero-order valence-electron chi connectivity index (χ0n) is 19.3. The van der Waals surface area contributed by atoms with Gasteiger partial charge in [0.1, 0.15) is 17.2 Å². The fourth-order valence-electron chi connectivity index (χ4n) is 5.66. The quantitative estimate of drug-likeness (QED) is 0.572. The third-order valence-electron chi connectivity index (χ3n) is 7.40. The lowest BCUT2D eigenvalue weighted by atomic mass is 9.93.